The molecular weight excluding hydrogens is 372 g/mol. The predicted molar refractivity (Wildman–Crippen MR) is 118 cm³/mol. The Morgan fingerprint density at radius 2 is 1.87 bits per heavy atom. The Labute approximate surface area is 178 Å². The molecule has 0 unspecified atom stereocenters. The number of rotatable bonds is 7. The summed E-state index contributed by atoms with van der Waals surface area (Å²) in [5.41, 5.74) is 3.18. The molecule has 0 saturated carbocycles. The van der Waals surface area contributed by atoms with Crippen LogP contribution in [-0.4, -0.2) is 33.9 Å². The quantitative estimate of drug-likeness (QED) is 0.656. The molecule has 0 spiro atoms. The summed E-state index contributed by atoms with van der Waals surface area (Å²) >= 11 is 0. The van der Waals surface area contributed by atoms with E-state index in [0.717, 1.165) is 43.7 Å². The SMILES string of the molecule is O=C(Cc1ccccc1)N[C@@H](c1ccccn1)[C@@H]1CCCN(Cc2cccnc2)C1. The van der Waals surface area contributed by atoms with Crippen molar-refractivity contribution in [1.29, 1.82) is 0 Å². The van der Waals surface area contributed by atoms with Crippen LogP contribution in [0.2, 0.25) is 0 Å². The number of pyridine rings is 2. The van der Waals surface area contributed by atoms with Crippen LogP contribution >= 0.6 is 0 Å². The Morgan fingerprint density at radius 3 is 2.63 bits per heavy atom. The lowest BCUT2D eigenvalue weighted by molar-refractivity contribution is -0.121. The van der Waals surface area contributed by atoms with Gasteiger partial charge < -0.3 is 5.32 Å². The van der Waals surface area contributed by atoms with Crippen molar-refractivity contribution < 1.29 is 4.79 Å². The Morgan fingerprint density at radius 1 is 1.03 bits per heavy atom. The molecule has 1 aliphatic heterocycles. The van der Waals surface area contributed by atoms with Crippen molar-refractivity contribution >= 4 is 5.91 Å². The van der Waals surface area contributed by atoms with Crippen LogP contribution in [0.4, 0.5) is 0 Å². The van der Waals surface area contributed by atoms with E-state index in [0.29, 0.717) is 12.3 Å². The molecule has 3 heterocycles. The molecule has 3 aromatic rings. The maximum absolute atomic E-state index is 12.9. The second-order valence-electron chi connectivity index (χ2n) is 7.96. The van der Waals surface area contributed by atoms with E-state index in [2.05, 4.69) is 26.3 Å². The average molecular weight is 401 g/mol. The Bertz CT molecular complexity index is 918. The highest BCUT2D eigenvalue weighted by Crippen LogP contribution is 2.29. The van der Waals surface area contributed by atoms with Crippen LogP contribution in [0.3, 0.4) is 0 Å². The molecule has 154 valence electrons. The zero-order valence-corrected chi connectivity index (χ0v) is 17.2. The number of amides is 1. The molecule has 5 heteroatoms. The number of nitrogens with one attached hydrogen (secondary N) is 1. The lowest BCUT2D eigenvalue weighted by Gasteiger charge is -2.37. The molecule has 0 bridgehead atoms. The van der Waals surface area contributed by atoms with Crippen LogP contribution in [0, 0.1) is 5.92 Å². The van der Waals surface area contributed by atoms with E-state index < -0.39 is 0 Å². The first kappa shape index (κ1) is 20.2. The Kier molecular flexibility index (Phi) is 6.83. The second kappa shape index (κ2) is 10.1. The van der Waals surface area contributed by atoms with Gasteiger partial charge in [-0.25, -0.2) is 0 Å². The number of nitrogens with zero attached hydrogens (tertiary/aromatic N) is 3. The van der Waals surface area contributed by atoms with Gasteiger partial charge in [-0.15, -0.1) is 0 Å². The van der Waals surface area contributed by atoms with Crippen molar-refractivity contribution in [2.45, 2.75) is 31.8 Å². The smallest absolute Gasteiger partial charge is 0.224 e. The van der Waals surface area contributed by atoms with Crippen LogP contribution < -0.4 is 5.32 Å². The van der Waals surface area contributed by atoms with Crippen molar-refractivity contribution in [3.8, 4) is 0 Å². The maximum atomic E-state index is 12.9. The zero-order chi connectivity index (χ0) is 20.6. The lowest BCUT2D eigenvalue weighted by Crippen LogP contribution is -2.43. The molecule has 1 fully saturated rings. The van der Waals surface area contributed by atoms with Crippen molar-refractivity contribution in [1.82, 2.24) is 20.2 Å². The maximum Gasteiger partial charge on any atom is 0.224 e. The van der Waals surface area contributed by atoms with Crippen LogP contribution in [-0.2, 0) is 17.8 Å². The minimum atomic E-state index is -0.0842. The van der Waals surface area contributed by atoms with Crippen molar-refractivity contribution in [3.05, 3.63) is 96.1 Å². The molecule has 30 heavy (non-hydrogen) atoms. The second-order valence-corrected chi connectivity index (χ2v) is 7.96. The Hall–Kier alpha value is -3.05. The summed E-state index contributed by atoms with van der Waals surface area (Å²) in [6, 6.07) is 19.8. The number of aromatic nitrogens is 2. The minimum Gasteiger partial charge on any atom is -0.347 e. The van der Waals surface area contributed by atoms with Crippen molar-refractivity contribution in [2.24, 2.45) is 5.92 Å². The van der Waals surface area contributed by atoms with Crippen molar-refractivity contribution in [2.75, 3.05) is 13.1 Å². The fourth-order valence-corrected chi connectivity index (χ4v) is 4.26. The highest BCUT2D eigenvalue weighted by Gasteiger charge is 2.30. The zero-order valence-electron chi connectivity index (χ0n) is 17.2. The van der Waals surface area contributed by atoms with Gasteiger partial charge in [-0.1, -0.05) is 42.5 Å². The third-order valence-electron chi connectivity index (χ3n) is 5.67. The van der Waals surface area contributed by atoms with Gasteiger partial charge in [-0.05, 0) is 54.6 Å². The summed E-state index contributed by atoms with van der Waals surface area (Å²) in [4.78, 5) is 24.1. The summed E-state index contributed by atoms with van der Waals surface area (Å²) in [6.45, 7) is 2.89. The normalized spacial score (nSPS) is 17.9. The van der Waals surface area contributed by atoms with Crippen LogP contribution in [0.5, 0.6) is 0 Å². The largest absolute Gasteiger partial charge is 0.347 e. The summed E-state index contributed by atoms with van der Waals surface area (Å²) in [5.74, 6) is 0.367. The van der Waals surface area contributed by atoms with E-state index in [9.17, 15) is 4.79 Å². The summed E-state index contributed by atoms with van der Waals surface area (Å²) in [5, 5.41) is 3.30. The summed E-state index contributed by atoms with van der Waals surface area (Å²) in [6.07, 6.45) is 8.13. The van der Waals surface area contributed by atoms with Gasteiger partial charge in [0.15, 0.2) is 0 Å². The number of carbonyl (C=O) groups excluding carboxylic acids is 1. The minimum absolute atomic E-state index is 0.0428. The third kappa shape index (κ3) is 5.51. The molecule has 1 N–H and O–H groups in total. The fourth-order valence-electron chi connectivity index (χ4n) is 4.26. The van der Waals surface area contributed by atoms with E-state index in [-0.39, 0.29) is 11.9 Å². The van der Waals surface area contributed by atoms with Gasteiger partial charge in [0.05, 0.1) is 18.2 Å². The molecule has 1 amide bonds. The van der Waals surface area contributed by atoms with Crippen LogP contribution in [0.15, 0.2) is 79.3 Å². The molecular formula is C25H28N4O. The highest BCUT2D eigenvalue weighted by atomic mass is 16.1. The van der Waals surface area contributed by atoms with Crippen molar-refractivity contribution in [3.63, 3.8) is 0 Å². The number of hydrogen-bond acceptors (Lipinski definition) is 4. The number of benzene rings is 1. The first-order valence-corrected chi connectivity index (χ1v) is 10.6. The standard InChI is InChI=1S/C25H28N4O/c30-24(16-20-8-2-1-3-9-20)28-25(23-12-4-5-14-27-23)22-11-7-15-29(19-22)18-21-10-6-13-26-17-21/h1-6,8-10,12-14,17,22,25H,7,11,15-16,18-19H2,(H,28,30)/t22-,25-/m1/s1. The lowest BCUT2D eigenvalue weighted by atomic mass is 9.88. The molecule has 0 radical (unpaired) electrons. The van der Waals surface area contributed by atoms with Gasteiger partial charge in [0.2, 0.25) is 5.91 Å². The summed E-state index contributed by atoms with van der Waals surface area (Å²) in [7, 11) is 0. The van der Waals surface area contributed by atoms with Crippen LogP contribution in [0.1, 0.15) is 35.7 Å². The van der Waals surface area contributed by atoms with E-state index in [1.807, 2.05) is 73.2 Å². The van der Waals surface area contributed by atoms with E-state index in [4.69, 9.17) is 0 Å². The summed E-state index contributed by atoms with van der Waals surface area (Å²) < 4.78 is 0. The number of carbonyl (C=O) groups is 1. The molecule has 1 saturated heterocycles. The Balaban J connectivity index is 1.47. The first-order valence-electron chi connectivity index (χ1n) is 10.6. The fraction of sp³-hybridized carbons (Fsp3) is 0.320. The molecule has 2 atom stereocenters. The number of hydrogen-bond donors (Lipinski definition) is 1. The van der Waals surface area contributed by atoms with Gasteiger partial charge in [0.1, 0.15) is 0 Å². The monoisotopic (exact) mass is 400 g/mol. The average Bonchev–Trinajstić information content (AvgIpc) is 2.80. The first-order chi connectivity index (χ1) is 14.8. The molecule has 2 aromatic heterocycles. The topological polar surface area (TPSA) is 58.1 Å². The predicted octanol–water partition coefficient (Wildman–Crippen LogP) is 3.79. The van der Waals surface area contributed by atoms with Gasteiger partial charge in [-0.2, -0.15) is 0 Å². The molecule has 4 rings (SSSR count). The van der Waals surface area contributed by atoms with Crippen LogP contribution in [0.25, 0.3) is 0 Å². The molecule has 0 aliphatic carbocycles. The van der Waals surface area contributed by atoms with E-state index in [1.54, 1.807) is 0 Å². The van der Waals surface area contributed by atoms with Gasteiger partial charge in [0.25, 0.3) is 0 Å². The van der Waals surface area contributed by atoms with E-state index in [1.165, 1.54) is 5.56 Å². The van der Waals surface area contributed by atoms with Gasteiger partial charge >= 0.3 is 0 Å². The van der Waals surface area contributed by atoms with Gasteiger partial charge in [-0.3, -0.25) is 19.7 Å². The number of piperidine rings is 1. The van der Waals surface area contributed by atoms with E-state index >= 15 is 0 Å². The van der Waals surface area contributed by atoms with Gasteiger partial charge in [0, 0.05) is 31.7 Å². The highest BCUT2D eigenvalue weighted by molar-refractivity contribution is 5.79. The molecule has 1 aliphatic rings. The molecule has 1 aromatic carbocycles. The third-order valence-corrected chi connectivity index (χ3v) is 5.67. The molecule has 5 nitrogen and oxygen atoms in total. The number of likely N-dealkylation sites (tertiary alicyclic amines) is 1.